The van der Waals surface area contributed by atoms with Gasteiger partial charge in [0.25, 0.3) is 0 Å². The molecule has 0 spiro atoms. The van der Waals surface area contributed by atoms with Crippen LogP contribution in [0.5, 0.6) is 0 Å². The van der Waals surface area contributed by atoms with E-state index in [1.807, 2.05) is 54.6 Å². The van der Waals surface area contributed by atoms with E-state index in [2.05, 4.69) is 0 Å². The molecule has 0 aliphatic rings. The monoisotopic (exact) mass is 296 g/mol. The van der Waals surface area contributed by atoms with Gasteiger partial charge in [-0.15, -0.1) is 0 Å². The minimum absolute atomic E-state index is 0.744. The van der Waals surface area contributed by atoms with Gasteiger partial charge in [0.1, 0.15) is 0 Å². The Bertz CT molecular complexity index is 686. The third-order valence-electron chi connectivity index (χ3n) is 3.52. The van der Waals surface area contributed by atoms with Crippen molar-refractivity contribution >= 4 is 18.0 Å². The first-order chi connectivity index (χ1) is 10.4. The summed E-state index contributed by atoms with van der Waals surface area (Å²) in [6.45, 7) is 1.16. The molecule has 0 unspecified atom stereocenters. The maximum absolute atomic E-state index is 11.1. The molecule has 0 heterocycles. The molecule has 4 nitrogen and oxygen atoms in total. The summed E-state index contributed by atoms with van der Waals surface area (Å²) in [6.07, 6.45) is 2.70. The van der Waals surface area contributed by atoms with E-state index in [1.165, 1.54) is 12.2 Å². The van der Waals surface area contributed by atoms with Crippen molar-refractivity contribution in [2.45, 2.75) is 6.92 Å². The van der Waals surface area contributed by atoms with Gasteiger partial charge in [0, 0.05) is 0 Å². The predicted octanol–water partition coefficient (Wildman–Crippen LogP) is 3.54. The Kier molecular flexibility index (Phi) is 4.41. The summed E-state index contributed by atoms with van der Waals surface area (Å²) >= 11 is 0. The summed E-state index contributed by atoms with van der Waals surface area (Å²) in [4.78, 5) is 22.2. The van der Waals surface area contributed by atoms with Gasteiger partial charge < -0.3 is 10.2 Å². The number of hydrogen-bond acceptors (Lipinski definition) is 2. The number of rotatable bonds is 5. The van der Waals surface area contributed by atoms with Crippen molar-refractivity contribution in [3.05, 3.63) is 66.2 Å². The first-order valence-electron chi connectivity index (χ1n) is 6.75. The zero-order valence-corrected chi connectivity index (χ0v) is 12.1. The highest BCUT2D eigenvalue weighted by Gasteiger charge is 2.38. The molecule has 0 fully saturated rings. The smallest absolute Gasteiger partial charge is 0.324 e. The average Bonchev–Trinajstić information content (AvgIpc) is 2.53. The molecular weight excluding hydrogens is 280 g/mol. The standard InChI is InChI=1S/C18H16O4/c1-18(16(19)20,17(21)22)12-11-13-7-9-15(10-8-13)14-5-3-2-4-6-14/h2-12H,1H3,(H,19,20)(H,21,22). The molecule has 0 aliphatic carbocycles. The summed E-state index contributed by atoms with van der Waals surface area (Å²) in [6, 6.07) is 17.3. The average molecular weight is 296 g/mol. The van der Waals surface area contributed by atoms with Crippen molar-refractivity contribution in [1.82, 2.24) is 0 Å². The number of carbonyl (C=O) groups is 2. The predicted molar refractivity (Wildman–Crippen MR) is 84.3 cm³/mol. The van der Waals surface area contributed by atoms with Crippen molar-refractivity contribution in [2.75, 3.05) is 0 Å². The van der Waals surface area contributed by atoms with Crippen LogP contribution in [0.25, 0.3) is 17.2 Å². The molecule has 0 atom stereocenters. The summed E-state index contributed by atoms with van der Waals surface area (Å²) in [5, 5.41) is 18.1. The zero-order valence-electron chi connectivity index (χ0n) is 12.1. The highest BCUT2D eigenvalue weighted by atomic mass is 16.4. The van der Waals surface area contributed by atoms with Gasteiger partial charge in [0.2, 0.25) is 0 Å². The Morgan fingerprint density at radius 2 is 1.36 bits per heavy atom. The van der Waals surface area contributed by atoms with E-state index >= 15 is 0 Å². The first-order valence-corrected chi connectivity index (χ1v) is 6.75. The molecule has 0 amide bonds. The van der Waals surface area contributed by atoms with Crippen LogP contribution in [-0.4, -0.2) is 22.2 Å². The molecule has 2 aromatic carbocycles. The van der Waals surface area contributed by atoms with Gasteiger partial charge in [0.05, 0.1) is 0 Å². The number of hydrogen-bond donors (Lipinski definition) is 2. The number of carboxylic acid groups (broad SMARTS) is 2. The van der Waals surface area contributed by atoms with Crippen molar-refractivity contribution in [3.63, 3.8) is 0 Å². The number of carboxylic acids is 2. The second kappa shape index (κ2) is 6.26. The van der Waals surface area contributed by atoms with Gasteiger partial charge >= 0.3 is 11.9 Å². The lowest BCUT2D eigenvalue weighted by Gasteiger charge is -2.14. The van der Waals surface area contributed by atoms with E-state index in [9.17, 15) is 9.59 Å². The number of benzene rings is 2. The Balaban J connectivity index is 2.23. The van der Waals surface area contributed by atoms with Crippen LogP contribution in [0.2, 0.25) is 0 Å². The first kappa shape index (κ1) is 15.5. The zero-order chi connectivity index (χ0) is 16.2. The van der Waals surface area contributed by atoms with E-state index in [1.54, 1.807) is 0 Å². The van der Waals surface area contributed by atoms with Crippen molar-refractivity contribution in [2.24, 2.45) is 5.41 Å². The third kappa shape index (κ3) is 3.23. The van der Waals surface area contributed by atoms with Crippen molar-refractivity contribution in [3.8, 4) is 11.1 Å². The molecule has 2 N–H and O–H groups in total. The topological polar surface area (TPSA) is 74.6 Å². The molecule has 2 rings (SSSR count). The van der Waals surface area contributed by atoms with Crippen LogP contribution in [-0.2, 0) is 9.59 Å². The van der Waals surface area contributed by atoms with Crippen LogP contribution in [0.3, 0.4) is 0 Å². The lowest BCUT2D eigenvalue weighted by molar-refractivity contribution is -0.159. The van der Waals surface area contributed by atoms with E-state index in [4.69, 9.17) is 10.2 Å². The largest absolute Gasteiger partial charge is 0.480 e. The molecule has 22 heavy (non-hydrogen) atoms. The van der Waals surface area contributed by atoms with Crippen LogP contribution in [0, 0.1) is 5.41 Å². The minimum atomic E-state index is -1.93. The molecular formula is C18H16O4. The second-order valence-electron chi connectivity index (χ2n) is 5.13. The molecule has 0 saturated heterocycles. The number of aliphatic carboxylic acids is 2. The molecule has 112 valence electrons. The molecule has 0 saturated carbocycles. The Labute approximate surface area is 128 Å². The lowest BCUT2D eigenvalue weighted by Crippen LogP contribution is -2.34. The molecule has 0 aliphatic heterocycles. The van der Waals surface area contributed by atoms with Gasteiger partial charge in [-0.2, -0.15) is 0 Å². The van der Waals surface area contributed by atoms with Crippen LogP contribution in [0.15, 0.2) is 60.7 Å². The fourth-order valence-corrected chi connectivity index (χ4v) is 1.91. The Morgan fingerprint density at radius 1 is 0.864 bits per heavy atom. The second-order valence-corrected chi connectivity index (χ2v) is 5.13. The Hall–Kier alpha value is -2.88. The fraction of sp³-hybridized carbons (Fsp3) is 0.111. The van der Waals surface area contributed by atoms with Crippen molar-refractivity contribution in [1.29, 1.82) is 0 Å². The van der Waals surface area contributed by atoms with Crippen LogP contribution in [0.4, 0.5) is 0 Å². The normalized spacial score (nSPS) is 11.5. The van der Waals surface area contributed by atoms with Crippen LogP contribution >= 0.6 is 0 Å². The van der Waals surface area contributed by atoms with Crippen LogP contribution < -0.4 is 0 Å². The van der Waals surface area contributed by atoms with E-state index in [0.29, 0.717) is 0 Å². The van der Waals surface area contributed by atoms with E-state index < -0.39 is 17.4 Å². The molecule has 4 heteroatoms. The molecule has 0 bridgehead atoms. The van der Waals surface area contributed by atoms with Crippen LogP contribution in [0.1, 0.15) is 12.5 Å². The van der Waals surface area contributed by atoms with Gasteiger partial charge in [-0.05, 0) is 23.6 Å². The van der Waals surface area contributed by atoms with Gasteiger partial charge in [-0.1, -0.05) is 66.7 Å². The maximum Gasteiger partial charge on any atom is 0.324 e. The maximum atomic E-state index is 11.1. The Morgan fingerprint density at radius 3 is 1.86 bits per heavy atom. The van der Waals surface area contributed by atoms with Crippen molar-refractivity contribution < 1.29 is 19.8 Å². The summed E-state index contributed by atoms with van der Waals surface area (Å²) in [5.41, 5.74) is 0.933. The summed E-state index contributed by atoms with van der Waals surface area (Å²) in [5.74, 6) is -2.78. The summed E-state index contributed by atoms with van der Waals surface area (Å²) in [7, 11) is 0. The highest BCUT2D eigenvalue weighted by molar-refractivity contribution is 6.00. The lowest BCUT2D eigenvalue weighted by atomic mass is 9.90. The minimum Gasteiger partial charge on any atom is -0.480 e. The third-order valence-corrected chi connectivity index (χ3v) is 3.52. The molecule has 2 aromatic rings. The quantitative estimate of drug-likeness (QED) is 0.827. The summed E-state index contributed by atoms with van der Waals surface area (Å²) < 4.78 is 0. The SMILES string of the molecule is CC(C=Cc1ccc(-c2ccccc2)cc1)(C(=O)O)C(=O)O. The van der Waals surface area contributed by atoms with Gasteiger partial charge in [-0.25, -0.2) is 0 Å². The highest BCUT2D eigenvalue weighted by Crippen LogP contribution is 2.23. The fourth-order valence-electron chi connectivity index (χ4n) is 1.91. The van der Waals surface area contributed by atoms with Gasteiger partial charge in [-0.3, -0.25) is 9.59 Å². The van der Waals surface area contributed by atoms with E-state index in [0.717, 1.165) is 23.6 Å². The van der Waals surface area contributed by atoms with E-state index in [-0.39, 0.29) is 0 Å². The van der Waals surface area contributed by atoms with Gasteiger partial charge in [0.15, 0.2) is 5.41 Å². The molecule has 0 radical (unpaired) electrons. The molecule has 0 aromatic heterocycles.